The predicted octanol–water partition coefficient (Wildman–Crippen LogP) is 3.27. The standard InChI is InChI=1S/C17H17N3O6S/c1-5-16(17-10(2)18-26-11(17)3)27(23,24)19-9-15(25-4)13-8-12(20(21)22)6-7-14(13)19/h5-9,16H,1H2,2-4H3. The van der Waals surface area contributed by atoms with E-state index < -0.39 is 20.2 Å². The number of aryl methyl sites for hydroxylation is 2. The molecular weight excluding hydrogens is 374 g/mol. The van der Waals surface area contributed by atoms with E-state index in [1.165, 1.54) is 37.6 Å². The normalized spacial score (nSPS) is 12.9. The van der Waals surface area contributed by atoms with Crippen molar-refractivity contribution in [3.05, 3.63) is 64.2 Å². The topological polar surface area (TPSA) is 117 Å². The highest BCUT2D eigenvalue weighted by Gasteiger charge is 2.33. The lowest BCUT2D eigenvalue weighted by Gasteiger charge is -2.15. The molecule has 1 atom stereocenters. The Bertz CT molecular complexity index is 1140. The van der Waals surface area contributed by atoms with Crippen LogP contribution in [0.3, 0.4) is 0 Å². The van der Waals surface area contributed by atoms with Crippen molar-refractivity contribution >= 4 is 26.6 Å². The number of nitro groups is 1. The molecule has 0 aliphatic heterocycles. The van der Waals surface area contributed by atoms with Gasteiger partial charge in [0.2, 0.25) is 10.0 Å². The van der Waals surface area contributed by atoms with E-state index in [9.17, 15) is 18.5 Å². The van der Waals surface area contributed by atoms with Crippen LogP contribution in [0.15, 0.2) is 41.6 Å². The van der Waals surface area contributed by atoms with E-state index in [1.54, 1.807) is 13.8 Å². The molecule has 1 aromatic carbocycles. The first-order chi connectivity index (χ1) is 12.7. The van der Waals surface area contributed by atoms with Crippen molar-refractivity contribution in [1.82, 2.24) is 9.13 Å². The second-order valence-electron chi connectivity index (χ2n) is 5.89. The SMILES string of the molecule is C=CC(c1c(C)noc1C)S(=O)(=O)n1cc(OC)c2cc([N+](=O)[O-])ccc21. The smallest absolute Gasteiger partial charge is 0.270 e. The van der Waals surface area contributed by atoms with Gasteiger partial charge in [-0.1, -0.05) is 11.2 Å². The van der Waals surface area contributed by atoms with Crippen molar-refractivity contribution in [1.29, 1.82) is 0 Å². The predicted molar refractivity (Wildman–Crippen MR) is 98.4 cm³/mol. The lowest BCUT2D eigenvalue weighted by molar-refractivity contribution is -0.384. The number of hydrogen-bond acceptors (Lipinski definition) is 7. The summed E-state index contributed by atoms with van der Waals surface area (Å²) in [6, 6.07) is 3.90. The van der Waals surface area contributed by atoms with Gasteiger partial charge in [-0.3, -0.25) is 10.1 Å². The Morgan fingerprint density at radius 2 is 2.11 bits per heavy atom. The quantitative estimate of drug-likeness (QED) is 0.359. The Labute approximate surface area is 155 Å². The van der Waals surface area contributed by atoms with Crippen LogP contribution in [0.25, 0.3) is 10.9 Å². The van der Waals surface area contributed by atoms with Gasteiger partial charge in [0.15, 0.2) is 0 Å². The molecule has 3 rings (SSSR count). The van der Waals surface area contributed by atoms with Crippen LogP contribution in [0.5, 0.6) is 5.75 Å². The van der Waals surface area contributed by atoms with Gasteiger partial charge in [0.25, 0.3) is 5.69 Å². The van der Waals surface area contributed by atoms with Crippen LogP contribution in [0.2, 0.25) is 0 Å². The van der Waals surface area contributed by atoms with Crippen molar-refractivity contribution in [3.8, 4) is 5.75 Å². The zero-order chi connectivity index (χ0) is 19.9. The Morgan fingerprint density at radius 3 is 2.63 bits per heavy atom. The molecule has 0 aliphatic rings. The minimum absolute atomic E-state index is 0.165. The van der Waals surface area contributed by atoms with Gasteiger partial charge in [-0.25, -0.2) is 12.4 Å². The Morgan fingerprint density at radius 1 is 1.41 bits per heavy atom. The molecule has 0 spiro atoms. The summed E-state index contributed by atoms with van der Waals surface area (Å²) >= 11 is 0. The largest absolute Gasteiger partial charge is 0.494 e. The second kappa shape index (κ2) is 6.54. The van der Waals surface area contributed by atoms with Crippen LogP contribution in [0, 0.1) is 24.0 Å². The fraction of sp³-hybridized carbons (Fsp3) is 0.235. The molecular formula is C17H17N3O6S. The molecule has 9 nitrogen and oxygen atoms in total. The van der Waals surface area contributed by atoms with E-state index in [0.29, 0.717) is 22.4 Å². The average molecular weight is 391 g/mol. The summed E-state index contributed by atoms with van der Waals surface area (Å²) in [4.78, 5) is 10.5. The van der Waals surface area contributed by atoms with E-state index in [2.05, 4.69) is 11.7 Å². The maximum absolute atomic E-state index is 13.4. The van der Waals surface area contributed by atoms with Crippen molar-refractivity contribution < 1.29 is 22.6 Å². The summed E-state index contributed by atoms with van der Waals surface area (Å²) in [6.45, 7) is 6.93. The van der Waals surface area contributed by atoms with Gasteiger partial charge in [0, 0.05) is 23.1 Å². The third-order valence-electron chi connectivity index (χ3n) is 4.33. The fourth-order valence-corrected chi connectivity index (χ4v) is 4.85. The number of hydrogen-bond donors (Lipinski definition) is 0. The summed E-state index contributed by atoms with van der Waals surface area (Å²) in [6.07, 6.45) is 2.59. The average Bonchev–Trinajstić information content (AvgIpc) is 3.16. The highest BCUT2D eigenvalue weighted by atomic mass is 32.2. The zero-order valence-corrected chi connectivity index (χ0v) is 15.7. The minimum Gasteiger partial charge on any atom is -0.494 e. The van der Waals surface area contributed by atoms with Gasteiger partial charge in [-0.15, -0.1) is 6.58 Å². The van der Waals surface area contributed by atoms with E-state index >= 15 is 0 Å². The van der Waals surface area contributed by atoms with Crippen molar-refractivity contribution in [2.75, 3.05) is 7.11 Å². The van der Waals surface area contributed by atoms with Crippen LogP contribution >= 0.6 is 0 Å². The molecule has 10 heteroatoms. The molecule has 0 saturated carbocycles. The number of ether oxygens (including phenoxy) is 1. The summed E-state index contributed by atoms with van der Waals surface area (Å²) in [5.74, 6) is 0.582. The van der Waals surface area contributed by atoms with Gasteiger partial charge in [0.05, 0.1) is 29.4 Å². The summed E-state index contributed by atoms with van der Waals surface area (Å²) in [5.41, 5.74) is 0.950. The number of rotatable bonds is 6. The monoisotopic (exact) mass is 391 g/mol. The maximum Gasteiger partial charge on any atom is 0.270 e. The molecule has 27 heavy (non-hydrogen) atoms. The third kappa shape index (κ3) is 2.87. The van der Waals surface area contributed by atoms with Gasteiger partial charge in [-0.05, 0) is 19.9 Å². The van der Waals surface area contributed by atoms with Crippen LogP contribution in [0.4, 0.5) is 5.69 Å². The van der Waals surface area contributed by atoms with Crippen molar-refractivity contribution in [2.24, 2.45) is 0 Å². The Hall–Kier alpha value is -3.14. The van der Waals surface area contributed by atoms with Crippen molar-refractivity contribution in [3.63, 3.8) is 0 Å². The third-order valence-corrected chi connectivity index (χ3v) is 6.25. The Kier molecular flexibility index (Phi) is 4.52. The lowest BCUT2D eigenvalue weighted by Crippen LogP contribution is -2.20. The maximum atomic E-state index is 13.4. The molecule has 0 bridgehead atoms. The highest BCUT2D eigenvalue weighted by Crippen LogP contribution is 2.37. The molecule has 1 unspecified atom stereocenters. The van der Waals surface area contributed by atoms with E-state index in [-0.39, 0.29) is 17.0 Å². The second-order valence-corrected chi connectivity index (χ2v) is 7.82. The zero-order valence-electron chi connectivity index (χ0n) is 14.9. The first-order valence-electron chi connectivity index (χ1n) is 7.85. The Balaban J connectivity index is 2.27. The lowest BCUT2D eigenvalue weighted by atomic mass is 10.1. The van der Waals surface area contributed by atoms with Crippen molar-refractivity contribution in [2.45, 2.75) is 19.1 Å². The summed E-state index contributed by atoms with van der Waals surface area (Å²) in [7, 11) is -2.65. The molecule has 2 aromatic heterocycles. The number of non-ortho nitro benzene ring substituents is 1. The van der Waals surface area contributed by atoms with Gasteiger partial charge >= 0.3 is 0 Å². The first-order valence-corrected chi connectivity index (χ1v) is 9.36. The number of methoxy groups -OCH3 is 1. The van der Waals surface area contributed by atoms with Gasteiger partial charge < -0.3 is 9.26 Å². The first kappa shape index (κ1) is 18.6. The number of aromatic nitrogens is 2. The fourth-order valence-electron chi connectivity index (χ4n) is 3.05. The summed E-state index contributed by atoms with van der Waals surface area (Å²) in [5, 5.41) is 14.1. The van der Waals surface area contributed by atoms with Gasteiger partial charge in [-0.2, -0.15) is 0 Å². The number of nitro benzene ring substituents is 1. The van der Waals surface area contributed by atoms with E-state index in [4.69, 9.17) is 9.26 Å². The minimum atomic E-state index is -4.02. The highest BCUT2D eigenvalue weighted by molar-refractivity contribution is 7.90. The molecule has 0 radical (unpaired) electrons. The van der Waals surface area contributed by atoms with Crippen LogP contribution in [0.1, 0.15) is 22.3 Å². The number of benzene rings is 1. The number of fused-ring (bicyclic) bond motifs is 1. The molecule has 142 valence electrons. The van der Waals surface area contributed by atoms with Gasteiger partial charge in [0.1, 0.15) is 16.8 Å². The molecule has 0 N–H and O–H groups in total. The van der Waals surface area contributed by atoms with E-state index in [1.807, 2.05) is 0 Å². The number of nitrogens with zero attached hydrogens (tertiary/aromatic N) is 3. The molecule has 3 aromatic rings. The molecule has 0 aliphatic carbocycles. The molecule has 0 saturated heterocycles. The van der Waals surface area contributed by atoms with Crippen LogP contribution in [-0.4, -0.2) is 29.6 Å². The molecule has 2 heterocycles. The summed E-state index contributed by atoms with van der Waals surface area (Å²) < 4.78 is 38.1. The van der Waals surface area contributed by atoms with Crippen LogP contribution < -0.4 is 4.74 Å². The molecule has 0 amide bonds. The van der Waals surface area contributed by atoms with E-state index in [0.717, 1.165) is 3.97 Å². The van der Waals surface area contributed by atoms with Crippen LogP contribution in [-0.2, 0) is 10.0 Å². The molecule has 0 fully saturated rings.